The summed E-state index contributed by atoms with van der Waals surface area (Å²) in [4.78, 5) is 0. The largest absolute Gasteiger partial charge is 0.489 e. The SMILES string of the molecule is CNC(C)c1ccc(OCc2cccc(Br)c2)cc1Cl. The number of ether oxygens (including phenoxy) is 1. The van der Waals surface area contributed by atoms with Crippen LogP contribution >= 0.6 is 27.5 Å². The van der Waals surface area contributed by atoms with Gasteiger partial charge in [0.05, 0.1) is 0 Å². The highest BCUT2D eigenvalue weighted by atomic mass is 79.9. The molecule has 106 valence electrons. The van der Waals surface area contributed by atoms with E-state index in [4.69, 9.17) is 16.3 Å². The molecule has 0 saturated carbocycles. The van der Waals surface area contributed by atoms with Gasteiger partial charge in [-0.2, -0.15) is 0 Å². The molecule has 0 fully saturated rings. The van der Waals surface area contributed by atoms with Crippen molar-refractivity contribution in [2.45, 2.75) is 19.6 Å². The van der Waals surface area contributed by atoms with Gasteiger partial charge in [0.15, 0.2) is 0 Å². The van der Waals surface area contributed by atoms with Gasteiger partial charge >= 0.3 is 0 Å². The first kappa shape index (κ1) is 15.4. The van der Waals surface area contributed by atoms with Gasteiger partial charge in [0.25, 0.3) is 0 Å². The average molecular weight is 355 g/mol. The topological polar surface area (TPSA) is 21.3 Å². The molecule has 0 radical (unpaired) electrons. The van der Waals surface area contributed by atoms with E-state index in [0.717, 1.165) is 26.4 Å². The van der Waals surface area contributed by atoms with Crippen LogP contribution in [0.5, 0.6) is 5.75 Å². The number of halogens is 2. The predicted molar refractivity (Wildman–Crippen MR) is 87.4 cm³/mol. The molecule has 2 nitrogen and oxygen atoms in total. The normalized spacial score (nSPS) is 12.2. The number of benzene rings is 2. The highest BCUT2D eigenvalue weighted by Crippen LogP contribution is 2.27. The Hall–Kier alpha value is -1.03. The number of hydrogen-bond acceptors (Lipinski definition) is 2. The van der Waals surface area contributed by atoms with E-state index < -0.39 is 0 Å². The molecule has 0 saturated heterocycles. The lowest BCUT2D eigenvalue weighted by Crippen LogP contribution is -2.12. The Morgan fingerprint density at radius 2 is 2.05 bits per heavy atom. The van der Waals surface area contributed by atoms with E-state index in [9.17, 15) is 0 Å². The van der Waals surface area contributed by atoms with Gasteiger partial charge < -0.3 is 10.1 Å². The van der Waals surface area contributed by atoms with Crippen molar-refractivity contribution in [1.29, 1.82) is 0 Å². The van der Waals surface area contributed by atoms with Crippen LogP contribution in [0.2, 0.25) is 5.02 Å². The molecule has 0 bridgehead atoms. The number of hydrogen-bond donors (Lipinski definition) is 1. The van der Waals surface area contributed by atoms with Crippen molar-refractivity contribution in [2.24, 2.45) is 0 Å². The van der Waals surface area contributed by atoms with Crippen LogP contribution in [-0.2, 0) is 6.61 Å². The third-order valence-corrected chi connectivity index (χ3v) is 3.99. The fraction of sp³-hybridized carbons (Fsp3) is 0.250. The first-order valence-corrected chi connectivity index (χ1v) is 7.61. The van der Waals surface area contributed by atoms with E-state index >= 15 is 0 Å². The molecule has 1 unspecified atom stereocenters. The Morgan fingerprint density at radius 3 is 2.70 bits per heavy atom. The minimum Gasteiger partial charge on any atom is -0.489 e. The van der Waals surface area contributed by atoms with Gasteiger partial charge in [-0.05, 0) is 49.4 Å². The van der Waals surface area contributed by atoms with Crippen molar-refractivity contribution in [3.05, 3.63) is 63.1 Å². The second-order valence-electron chi connectivity index (χ2n) is 4.61. The summed E-state index contributed by atoms with van der Waals surface area (Å²) in [6.45, 7) is 2.60. The van der Waals surface area contributed by atoms with Crippen molar-refractivity contribution in [2.75, 3.05) is 7.05 Å². The molecule has 0 aromatic heterocycles. The van der Waals surface area contributed by atoms with Gasteiger partial charge in [-0.3, -0.25) is 0 Å². The van der Waals surface area contributed by atoms with Crippen molar-refractivity contribution >= 4 is 27.5 Å². The lowest BCUT2D eigenvalue weighted by atomic mass is 10.1. The first-order valence-electron chi connectivity index (χ1n) is 6.44. The van der Waals surface area contributed by atoms with Crippen molar-refractivity contribution in [3.8, 4) is 5.75 Å². The van der Waals surface area contributed by atoms with Crippen molar-refractivity contribution in [1.82, 2.24) is 5.32 Å². The lowest BCUT2D eigenvalue weighted by Gasteiger charge is -2.14. The van der Waals surface area contributed by atoms with E-state index in [1.54, 1.807) is 0 Å². The van der Waals surface area contributed by atoms with Crippen LogP contribution in [0, 0.1) is 0 Å². The van der Waals surface area contributed by atoms with Crippen LogP contribution < -0.4 is 10.1 Å². The third kappa shape index (κ3) is 3.98. The predicted octanol–water partition coefficient (Wildman–Crippen LogP) is 4.96. The van der Waals surface area contributed by atoms with E-state index in [2.05, 4.69) is 28.2 Å². The van der Waals surface area contributed by atoms with Gasteiger partial charge in [-0.25, -0.2) is 0 Å². The molecule has 0 heterocycles. The molecule has 4 heteroatoms. The summed E-state index contributed by atoms with van der Waals surface area (Å²) < 4.78 is 6.82. The summed E-state index contributed by atoms with van der Waals surface area (Å²) in [6, 6.07) is 14.1. The third-order valence-electron chi connectivity index (χ3n) is 3.17. The van der Waals surface area contributed by atoms with Gasteiger partial charge in [0.2, 0.25) is 0 Å². The molecule has 2 aromatic carbocycles. The van der Waals surface area contributed by atoms with E-state index in [1.807, 2.05) is 49.5 Å². The maximum absolute atomic E-state index is 6.28. The van der Waals surface area contributed by atoms with Crippen molar-refractivity contribution in [3.63, 3.8) is 0 Å². The Kier molecular flexibility index (Phi) is 5.46. The molecule has 0 amide bonds. The van der Waals surface area contributed by atoms with Gasteiger partial charge in [-0.1, -0.05) is 45.7 Å². The summed E-state index contributed by atoms with van der Waals surface area (Å²) >= 11 is 9.73. The Bertz CT molecular complexity index is 588. The molecule has 0 aliphatic rings. The monoisotopic (exact) mass is 353 g/mol. The van der Waals surface area contributed by atoms with E-state index in [-0.39, 0.29) is 6.04 Å². The zero-order chi connectivity index (χ0) is 14.5. The fourth-order valence-electron chi connectivity index (χ4n) is 1.90. The molecule has 1 atom stereocenters. The zero-order valence-electron chi connectivity index (χ0n) is 11.5. The van der Waals surface area contributed by atoms with Crippen LogP contribution in [0.15, 0.2) is 46.9 Å². The standard InChI is InChI=1S/C16H17BrClNO/c1-11(19-2)15-7-6-14(9-16(15)18)20-10-12-4-3-5-13(17)8-12/h3-9,11,19H,10H2,1-2H3. The molecule has 0 aliphatic heterocycles. The smallest absolute Gasteiger partial charge is 0.121 e. The summed E-state index contributed by atoms with van der Waals surface area (Å²) in [5.41, 5.74) is 2.19. The van der Waals surface area contributed by atoms with Gasteiger partial charge in [-0.15, -0.1) is 0 Å². The number of rotatable bonds is 5. The second-order valence-corrected chi connectivity index (χ2v) is 5.94. The molecule has 2 aromatic rings. The zero-order valence-corrected chi connectivity index (χ0v) is 13.8. The molecule has 1 N–H and O–H groups in total. The molecule has 0 spiro atoms. The summed E-state index contributed by atoms with van der Waals surface area (Å²) in [5.74, 6) is 0.780. The van der Waals surface area contributed by atoms with Crippen LogP contribution in [0.4, 0.5) is 0 Å². The minimum atomic E-state index is 0.224. The second kappa shape index (κ2) is 7.11. The first-order chi connectivity index (χ1) is 9.60. The maximum atomic E-state index is 6.28. The Morgan fingerprint density at radius 1 is 1.25 bits per heavy atom. The molecule has 20 heavy (non-hydrogen) atoms. The van der Waals surface area contributed by atoms with Crippen LogP contribution in [-0.4, -0.2) is 7.05 Å². The quantitative estimate of drug-likeness (QED) is 0.819. The van der Waals surface area contributed by atoms with Crippen LogP contribution in [0.3, 0.4) is 0 Å². The molecular formula is C16H17BrClNO. The molecule has 2 rings (SSSR count). The van der Waals surface area contributed by atoms with Crippen LogP contribution in [0.25, 0.3) is 0 Å². The summed E-state index contributed by atoms with van der Waals surface area (Å²) in [7, 11) is 1.92. The lowest BCUT2D eigenvalue weighted by molar-refractivity contribution is 0.306. The summed E-state index contributed by atoms with van der Waals surface area (Å²) in [5, 5.41) is 3.90. The molecule has 0 aliphatic carbocycles. The van der Waals surface area contributed by atoms with E-state index in [0.29, 0.717) is 6.61 Å². The maximum Gasteiger partial charge on any atom is 0.121 e. The molecular weight excluding hydrogens is 338 g/mol. The van der Waals surface area contributed by atoms with Crippen molar-refractivity contribution < 1.29 is 4.74 Å². The summed E-state index contributed by atoms with van der Waals surface area (Å²) in [6.07, 6.45) is 0. The Labute approximate surface area is 133 Å². The average Bonchev–Trinajstić information content (AvgIpc) is 2.44. The number of nitrogens with one attached hydrogen (secondary N) is 1. The fourth-order valence-corrected chi connectivity index (χ4v) is 2.68. The van der Waals surface area contributed by atoms with E-state index in [1.165, 1.54) is 0 Å². The van der Waals surface area contributed by atoms with Gasteiger partial charge in [0, 0.05) is 15.5 Å². The van der Waals surface area contributed by atoms with Crippen LogP contribution in [0.1, 0.15) is 24.1 Å². The highest BCUT2D eigenvalue weighted by Gasteiger charge is 2.08. The Balaban J connectivity index is 2.05. The highest BCUT2D eigenvalue weighted by molar-refractivity contribution is 9.10. The minimum absolute atomic E-state index is 0.224. The van der Waals surface area contributed by atoms with Gasteiger partial charge in [0.1, 0.15) is 12.4 Å².